The third kappa shape index (κ3) is 4.69. The number of methoxy groups -OCH3 is 1. The van der Waals surface area contributed by atoms with Crippen LogP contribution in [0, 0.1) is 0 Å². The quantitative estimate of drug-likeness (QED) is 0.597. The fourth-order valence-electron chi connectivity index (χ4n) is 1.26. The van der Waals surface area contributed by atoms with Gasteiger partial charge in [0, 0.05) is 30.4 Å². The SMILES string of the molecule is COCCCSc1ccc([C@@H](C)N)cc1. The minimum Gasteiger partial charge on any atom is -0.385 e. The summed E-state index contributed by atoms with van der Waals surface area (Å²) >= 11 is 1.86. The van der Waals surface area contributed by atoms with Crippen LogP contribution >= 0.6 is 11.8 Å². The van der Waals surface area contributed by atoms with E-state index in [0.717, 1.165) is 18.8 Å². The maximum atomic E-state index is 5.78. The Labute approximate surface area is 96.2 Å². The molecule has 0 aliphatic rings. The maximum Gasteiger partial charge on any atom is 0.0470 e. The van der Waals surface area contributed by atoms with E-state index in [0.29, 0.717) is 0 Å². The van der Waals surface area contributed by atoms with Gasteiger partial charge in [-0.25, -0.2) is 0 Å². The number of benzene rings is 1. The lowest BCUT2D eigenvalue weighted by molar-refractivity contribution is 0.200. The molecule has 0 unspecified atom stereocenters. The Hall–Kier alpha value is -0.510. The van der Waals surface area contributed by atoms with Crippen LogP contribution < -0.4 is 5.73 Å². The highest BCUT2D eigenvalue weighted by Gasteiger charge is 1.99. The van der Waals surface area contributed by atoms with E-state index >= 15 is 0 Å². The van der Waals surface area contributed by atoms with E-state index in [1.54, 1.807) is 7.11 Å². The van der Waals surface area contributed by atoms with E-state index in [1.807, 2.05) is 18.7 Å². The number of nitrogens with two attached hydrogens (primary N) is 1. The van der Waals surface area contributed by atoms with E-state index in [4.69, 9.17) is 10.5 Å². The average Bonchev–Trinajstić information content (AvgIpc) is 2.25. The van der Waals surface area contributed by atoms with Crippen molar-refractivity contribution in [3.8, 4) is 0 Å². The predicted octanol–water partition coefficient (Wildman–Crippen LogP) is 2.83. The van der Waals surface area contributed by atoms with Crippen molar-refractivity contribution in [3.05, 3.63) is 29.8 Å². The molecule has 0 bridgehead atoms. The summed E-state index contributed by atoms with van der Waals surface area (Å²) in [4.78, 5) is 1.30. The van der Waals surface area contributed by atoms with Gasteiger partial charge in [0.15, 0.2) is 0 Å². The molecule has 0 aliphatic carbocycles. The van der Waals surface area contributed by atoms with Crippen LogP contribution in [0.3, 0.4) is 0 Å². The molecule has 15 heavy (non-hydrogen) atoms. The second kappa shape index (κ2) is 6.88. The molecule has 84 valence electrons. The summed E-state index contributed by atoms with van der Waals surface area (Å²) < 4.78 is 5.00. The molecule has 0 amide bonds. The molecule has 1 aromatic carbocycles. The Morgan fingerprint density at radius 3 is 2.53 bits per heavy atom. The van der Waals surface area contributed by atoms with Gasteiger partial charge in [-0.15, -0.1) is 11.8 Å². The lowest BCUT2D eigenvalue weighted by Crippen LogP contribution is -2.04. The lowest BCUT2D eigenvalue weighted by atomic mass is 10.1. The highest BCUT2D eigenvalue weighted by atomic mass is 32.2. The first-order valence-corrected chi connectivity index (χ1v) is 6.20. The Morgan fingerprint density at radius 2 is 2.00 bits per heavy atom. The molecular formula is C12H19NOS. The highest BCUT2D eigenvalue weighted by Crippen LogP contribution is 2.20. The normalized spacial score (nSPS) is 12.7. The molecule has 0 spiro atoms. The van der Waals surface area contributed by atoms with Crippen LogP contribution in [0.5, 0.6) is 0 Å². The van der Waals surface area contributed by atoms with Crippen molar-refractivity contribution in [2.24, 2.45) is 5.73 Å². The third-order valence-corrected chi connectivity index (χ3v) is 3.27. The van der Waals surface area contributed by atoms with Crippen LogP contribution in [0.25, 0.3) is 0 Å². The van der Waals surface area contributed by atoms with Gasteiger partial charge in [-0.3, -0.25) is 0 Å². The van der Waals surface area contributed by atoms with Crippen LogP contribution in [0.1, 0.15) is 24.9 Å². The summed E-state index contributed by atoms with van der Waals surface area (Å²) in [6.07, 6.45) is 1.09. The number of thioether (sulfide) groups is 1. The molecule has 1 aromatic rings. The van der Waals surface area contributed by atoms with Crippen molar-refractivity contribution < 1.29 is 4.74 Å². The smallest absolute Gasteiger partial charge is 0.0470 e. The Kier molecular flexibility index (Phi) is 5.76. The van der Waals surface area contributed by atoms with Crippen LogP contribution in [-0.2, 0) is 4.74 Å². The van der Waals surface area contributed by atoms with Crippen LogP contribution in [-0.4, -0.2) is 19.5 Å². The van der Waals surface area contributed by atoms with E-state index in [9.17, 15) is 0 Å². The van der Waals surface area contributed by atoms with Crippen molar-refractivity contribution in [3.63, 3.8) is 0 Å². The molecule has 0 heterocycles. The minimum absolute atomic E-state index is 0.123. The standard InChI is InChI=1S/C12H19NOS/c1-10(13)11-4-6-12(7-5-11)15-9-3-8-14-2/h4-7,10H,3,8-9,13H2,1-2H3/t10-/m1/s1. The van der Waals surface area contributed by atoms with E-state index in [1.165, 1.54) is 10.5 Å². The molecule has 0 aliphatic heterocycles. The summed E-state index contributed by atoms with van der Waals surface area (Å²) in [5, 5.41) is 0. The summed E-state index contributed by atoms with van der Waals surface area (Å²) in [6.45, 7) is 2.84. The van der Waals surface area contributed by atoms with Crippen molar-refractivity contribution >= 4 is 11.8 Å². The van der Waals surface area contributed by atoms with Gasteiger partial charge >= 0.3 is 0 Å². The molecule has 0 saturated heterocycles. The first-order valence-electron chi connectivity index (χ1n) is 5.21. The highest BCUT2D eigenvalue weighted by molar-refractivity contribution is 7.99. The van der Waals surface area contributed by atoms with Gasteiger partial charge in [0.1, 0.15) is 0 Å². The molecular weight excluding hydrogens is 206 g/mol. The molecule has 0 aromatic heterocycles. The zero-order valence-electron chi connectivity index (χ0n) is 9.40. The van der Waals surface area contributed by atoms with Crippen molar-refractivity contribution in [2.75, 3.05) is 19.5 Å². The molecule has 3 heteroatoms. The Bertz CT molecular complexity index is 271. The fourth-order valence-corrected chi connectivity index (χ4v) is 2.09. The predicted molar refractivity (Wildman–Crippen MR) is 66.3 cm³/mol. The number of rotatable bonds is 6. The van der Waals surface area contributed by atoms with Crippen molar-refractivity contribution in [1.29, 1.82) is 0 Å². The van der Waals surface area contributed by atoms with Gasteiger partial charge in [0.2, 0.25) is 0 Å². The minimum atomic E-state index is 0.123. The lowest BCUT2D eigenvalue weighted by Gasteiger charge is -2.06. The Morgan fingerprint density at radius 1 is 1.33 bits per heavy atom. The molecule has 2 nitrogen and oxygen atoms in total. The second-order valence-electron chi connectivity index (χ2n) is 3.55. The van der Waals surface area contributed by atoms with Crippen LogP contribution in [0.4, 0.5) is 0 Å². The molecule has 2 N–H and O–H groups in total. The summed E-state index contributed by atoms with van der Waals surface area (Å²) in [6, 6.07) is 8.59. The van der Waals surface area contributed by atoms with Crippen LogP contribution in [0.2, 0.25) is 0 Å². The van der Waals surface area contributed by atoms with Crippen molar-refractivity contribution in [1.82, 2.24) is 0 Å². The summed E-state index contributed by atoms with van der Waals surface area (Å²) in [7, 11) is 1.74. The van der Waals surface area contributed by atoms with Gasteiger partial charge in [-0.1, -0.05) is 12.1 Å². The maximum absolute atomic E-state index is 5.78. The van der Waals surface area contributed by atoms with Gasteiger partial charge in [0.05, 0.1) is 0 Å². The Balaban J connectivity index is 2.36. The second-order valence-corrected chi connectivity index (χ2v) is 4.72. The molecule has 1 atom stereocenters. The first kappa shape index (κ1) is 12.6. The zero-order valence-corrected chi connectivity index (χ0v) is 10.2. The van der Waals surface area contributed by atoms with Gasteiger partial charge in [-0.05, 0) is 31.0 Å². The monoisotopic (exact) mass is 225 g/mol. The summed E-state index contributed by atoms with van der Waals surface area (Å²) in [5.41, 5.74) is 6.97. The van der Waals surface area contributed by atoms with E-state index in [-0.39, 0.29) is 6.04 Å². The first-order chi connectivity index (χ1) is 7.24. The fraction of sp³-hybridized carbons (Fsp3) is 0.500. The largest absolute Gasteiger partial charge is 0.385 e. The third-order valence-electron chi connectivity index (χ3n) is 2.17. The number of hydrogen-bond acceptors (Lipinski definition) is 3. The molecule has 0 fully saturated rings. The average molecular weight is 225 g/mol. The van der Waals surface area contributed by atoms with Crippen LogP contribution in [0.15, 0.2) is 29.2 Å². The number of ether oxygens (including phenoxy) is 1. The molecule has 1 rings (SSSR count). The van der Waals surface area contributed by atoms with Gasteiger partial charge in [0.25, 0.3) is 0 Å². The van der Waals surface area contributed by atoms with Crippen molar-refractivity contribution in [2.45, 2.75) is 24.3 Å². The zero-order chi connectivity index (χ0) is 11.1. The van der Waals surface area contributed by atoms with E-state index in [2.05, 4.69) is 24.3 Å². The van der Waals surface area contributed by atoms with E-state index < -0.39 is 0 Å². The van der Waals surface area contributed by atoms with Gasteiger partial charge < -0.3 is 10.5 Å². The summed E-state index contributed by atoms with van der Waals surface area (Å²) in [5.74, 6) is 1.10. The number of hydrogen-bond donors (Lipinski definition) is 1. The van der Waals surface area contributed by atoms with Gasteiger partial charge in [-0.2, -0.15) is 0 Å². The topological polar surface area (TPSA) is 35.2 Å². The molecule has 0 radical (unpaired) electrons. The molecule has 0 saturated carbocycles.